The fourth-order valence-corrected chi connectivity index (χ4v) is 2.96. The van der Waals surface area contributed by atoms with Gasteiger partial charge in [-0.3, -0.25) is 9.59 Å². The molecule has 0 spiro atoms. The van der Waals surface area contributed by atoms with E-state index in [4.69, 9.17) is 23.2 Å². The van der Waals surface area contributed by atoms with Gasteiger partial charge >= 0.3 is 0 Å². The number of hydrogen-bond donors (Lipinski definition) is 2. The highest BCUT2D eigenvalue weighted by Crippen LogP contribution is 2.25. The van der Waals surface area contributed by atoms with Gasteiger partial charge in [-0.25, -0.2) is 4.98 Å². The van der Waals surface area contributed by atoms with Gasteiger partial charge in [0.1, 0.15) is 5.82 Å². The molecule has 5 nitrogen and oxygen atoms in total. The summed E-state index contributed by atoms with van der Waals surface area (Å²) >= 11 is 13.3. The van der Waals surface area contributed by atoms with E-state index < -0.39 is 5.91 Å². The smallest absolute Gasteiger partial charge is 0.265 e. The predicted molar refractivity (Wildman–Crippen MR) is 101 cm³/mol. The maximum Gasteiger partial charge on any atom is 0.265 e. The van der Waals surface area contributed by atoms with Crippen molar-refractivity contribution in [1.82, 2.24) is 4.98 Å². The van der Waals surface area contributed by atoms with Crippen molar-refractivity contribution < 1.29 is 9.59 Å². The number of rotatable bonds is 4. The topological polar surface area (TPSA) is 71.1 Å². The van der Waals surface area contributed by atoms with E-state index in [0.29, 0.717) is 32.0 Å². The van der Waals surface area contributed by atoms with Crippen molar-refractivity contribution in [2.45, 2.75) is 0 Å². The second-order valence-corrected chi connectivity index (χ2v) is 6.73. The predicted octanol–water partition coefficient (Wildman–Crippen LogP) is 4.95. The average Bonchev–Trinajstić information content (AvgIpc) is 3.11. The maximum atomic E-state index is 12.4. The molecule has 8 heteroatoms. The summed E-state index contributed by atoms with van der Waals surface area (Å²) in [6, 6.07) is 11.2. The largest absolute Gasteiger partial charge is 0.320 e. The van der Waals surface area contributed by atoms with Crippen LogP contribution in [0.3, 0.4) is 0 Å². The first-order valence-electron chi connectivity index (χ1n) is 7.10. The first-order valence-corrected chi connectivity index (χ1v) is 8.74. The lowest BCUT2D eigenvalue weighted by Gasteiger charge is -2.09. The van der Waals surface area contributed by atoms with E-state index in [0.717, 1.165) is 0 Å². The molecular formula is C17H11Cl2N3O2S. The highest BCUT2D eigenvalue weighted by atomic mass is 35.5. The van der Waals surface area contributed by atoms with Gasteiger partial charge in [0.25, 0.3) is 11.8 Å². The molecule has 0 aliphatic carbocycles. The lowest BCUT2D eigenvalue weighted by atomic mass is 10.2. The second kappa shape index (κ2) is 7.65. The van der Waals surface area contributed by atoms with Crippen LogP contribution in [0.4, 0.5) is 11.5 Å². The van der Waals surface area contributed by atoms with Crippen molar-refractivity contribution in [2.24, 2.45) is 0 Å². The molecule has 3 aromatic rings. The molecule has 0 aliphatic rings. The quantitative estimate of drug-likeness (QED) is 0.660. The van der Waals surface area contributed by atoms with E-state index >= 15 is 0 Å². The molecule has 25 heavy (non-hydrogen) atoms. The normalized spacial score (nSPS) is 10.3. The number of hydrogen-bond acceptors (Lipinski definition) is 4. The Balaban J connectivity index is 1.78. The number of aromatic nitrogens is 1. The van der Waals surface area contributed by atoms with Gasteiger partial charge in [-0.1, -0.05) is 29.3 Å². The molecule has 126 valence electrons. The van der Waals surface area contributed by atoms with E-state index in [-0.39, 0.29) is 5.91 Å². The molecule has 2 heterocycles. The van der Waals surface area contributed by atoms with Crippen molar-refractivity contribution in [1.29, 1.82) is 0 Å². The Kier molecular flexibility index (Phi) is 5.33. The lowest BCUT2D eigenvalue weighted by Crippen LogP contribution is -2.15. The summed E-state index contributed by atoms with van der Waals surface area (Å²) in [5.74, 6) is -0.347. The summed E-state index contributed by atoms with van der Waals surface area (Å²) in [5.41, 5.74) is 0.680. The second-order valence-electron chi connectivity index (χ2n) is 4.94. The summed E-state index contributed by atoms with van der Waals surface area (Å²) in [6.45, 7) is 0. The molecule has 0 radical (unpaired) electrons. The number of nitrogens with one attached hydrogen (secondary N) is 2. The third-order valence-corrected chi connectivity index (χ3v) is 4.62. The van der Waals surface area contributed by atoms with Crippen molar-refractivity contribution in [3.63, 3.8) is 0 Å². The van der Waals surface area contributed by atoms with Gasteiger partial charge < -0.3 is 10.6 Å². The summed E-state index contributed by atoms with van der Waals surface area (Å²) in [5, 5.41) is 7.94. The van der Waals surface area contributed by atoms with Crippen LogP contribution < -0.4 is 10.6 Å². The molecule has 2 aromatic heterocycles. The summed E-state index contributed by atoms with van der Waals surface area (Å²) in [6.07, 6.45) is 1.49. The SMILES string of the molecule is O=C(Nc1cc(Cl)ccn1)c1ccc(Cl)c(NC(=O)c2cccs2)c1. The van der Waals surface area contributed by atoms with Crippen LogP contribution in [0.5, 0.6) is 0 Å². The molecule has 0 fully saturated rings. The number of thiophene rings is 1. The van der Waals surface area contributed by atoms with Crippen molar-refractivity contribution >= 4 is 57.9 Å². The molecule has 0 bridgehead atoms. The maximum absolute atomic E-state index is 12.4. The molecule has 1 aromatic carbocycles. The number of halogens is 2. The van der Waals surface area contributed by atoms with Gasteiger partial charge in [0.2, 0.25) is 0 Å². The molecule has 3 rings (SSSR count). The van der Waals surface area contributed by atoms with Crippen LogP contribution in [0.15, 0.2) is 54.0 Å². The molecule has 0 atom stereocenters. The third-order valence-electron chi connectivity index (χ3n) is 3.19. The Bertz CT molecular complexity index is 929. The number of pyridine rings is 1. The lowest BCUT2D eigenvalue weighted by molar-refractivity contribution is 0.101. The fourth-order valence-electron chi connectivity index (χ4n) is 2.02. The van der Waals surface area contributed by atoms with E-state index in [1.54, 1.807) is 35.7 Å². The van der Waals surface area contributed by atoms with Gasteiger partial charge in [0.15, 0.2) is 0 Å². The summed E-state index contributed by atoms with van der Waals surface area (Å²) in [4.78, 5) is 29.1. The molecule has 2 amide bonds. The summed E-state index contributed by atoms with van der Waals surface area (Å²) in [7, 11) is 0. The third kappa shape index (κ3) is 4.36. The van der Waals surface area contributed by atoms with Crippen LogP contribution in [-0.2, 0) is 0 Å². The van der Waals surface area contributed by atoms with E-state index in [9.17, 15) is 9.59 Å². The van der Waals surface area contributed by atoms with Crippen LogP contribution in [0, 0.1) is 0 Å². The molecule has 2 N–H and O–H groups in total. The minimum atomic E-state index is -0.391. The number of nitrogens with zero attached hydrogens (tertiary/aromatic N) is 1. The Hall–Kier alpha value is -2.41. The van der Waals surface area contributed by atoms with Crippen LogP contribution >= 0.6 is 34.5 Å². The molecular weight excluding hydrogens is 381 g/mol. The van der Waals surface area contributed by atoms with E-state index in [1.807, 2.05) is 0 Å². The zero-order chi connectivity index (χ0) is 17.8. The Morgan fingerprint density at radius 2 is 1.84 bits per heavy atom. The van der Waals surface area contributed by atoms with E-state index in [2.05, 4.69) is 15.6 Å². The van der Waals surface area contributed by atoms with Gasteiger partial charge in [0.05, 0.1) is 15.6 Å². The monoisotopic (exact) mass is 391 g/mol. The minimum Gasteiger partial charge on any atom is -0.320 e. The standard InChI is InChI=1S/C17H11Cl2N3O2S/c18-11-5-6-20-15(9-11)22-16(23)10-3-4-12(19)13(8-10)21-17(24)14-2-1-7-25-14/h1-9H,(H,21,24)(H,20,22,23). The van der Waals surface area contributed by atoms with Gasteiger partial charge in [-0.2, -0.15) is 0 Å². The number of carbonyl (C=O) groups is 2. The Morgan fingerprint density at radius 1 is 1.00 bits per heavy atom. The highest BCUT2D eigenvalue weighted by Gasteiger charge is 2.13. The number of anilines is 2. The summed E-state index contributed by atoms with van der Waals surface area (Å²) < 4.78 is 0. The zero-order valence-electron chi connectivity index (χ0n) is 12.6. The van der Waals surface area contributed by atoms with E-state index in [1.165, 1.54) is 29.7 Å². The highest BCUT2D eigenvalue weighted by molar-refractivity contribution is 7.12. The number of benzene rings is 1. The first kappa shape index (κ1) is 17.4. The molecule has 0 saturated heterocycles. The average molecular weight is 392 g/mol. The van der Waals surface area contributed by atoms with Crippen LogP contribution in [-0.4, -0.2) is 16.8 Å². The van der Waals surface area contributed by atoms with Crippen molar-refractivity contribution in [2.75, 3.05) is 10.6 Å². The molecule has 0 saturated carbocycles. The van der Waals surface area contributed by atoms with Crippen LogP contribution in [0.25, 0.3) is 0 Å². The van der Waals surface area contributed by atoms with Gasteiger partial charge in [0, 0.05) is 16.8 Å². The number of carbonyl (C=O) groups excluding carboxylic acids is 2. The molecule has 0 aliphatic heterocycles. The molecule has 0 unspecified atom stereocenters. The fraction of sp³-hybridized carbons (Fsp3) is 0. The number of amides is 2. The minimum absolute atomic E-state index is 0.286. The zero-order valence-corrected chi connectivity index (χ0v) is 15.0. The van der Waals surface area contributed by atoms with Gasteiger partial charge in [-0.15, -0.1) is 11.3 Å². The first-order chi connectivity index (χ1) is 12.0. The Labute approximate surface area is 157 Å². The van der Waals surface area contributed by atoms with Gasteiger partial charge in [-0.05, 0) is 41.8 Å². The van der Waals surface area contributed by atoms with Crippen molar-refractivity contribution in [3.8, 4) is 0 Å². The van der Waals surface area contributed by atoms with Crippen LogP contribution in [0.1, 0.15) is 20.0 Å². The van der Waals surface area contributed by atoms with Crippen molar-refractivity contribution in [3.05, 3.63) is 74.5 Å². The Morgan fingerprint density at radius 3 is 2.56 bits per heavy atom. The van der Waals surface area contributed by atoms with Crippen LogP contribution in [0.2, 0.25) is 10.0 Å².